The fourth-order valence-electron chi connectivity index (χ4n) is 13.6. The predicted octanol–water partition coefficient (Wildman–Crippen LogP) is 15.9. The number of carbonyl (C=O) groups excluding carboxylic acids is 4. The van der Waals surface area contributed by atoms with Gasteiger partial charge in [-0.2, -0.15) is 21.8 Å². The molecule has 23 nitrogen and oxygen atoms in total. The van der Waals surface area contributed by atoms with E-state index < -0.39 is 49.3 Å². The van der Waals surface area contributed by atoms with Crippen molar-refractivity contribution in [3.8, 4) is 11.3 Å². The Labute approximate surface area is 686 Å². The minimum absolute atomic E-state index is 0.0309. The molecular formula is C86H84F5N15O8S4. The van der Waals surface area contributed by atoms with E-state index in [1.807, 2.05) is 92.0 Å². The Morgan fingerprint density at radius 3 is 2.11 bits per heavy atom. The van der Waals surface area contributed by atoms with Gasteiger partial charge in [0.05, 0.1) is 21.0 Å². The number of rotatable bonds is 17. The lowest BCUT2D eigenvalue weighted by molar-refractivity contribution is -0.137. The number of anilines is 3. The maximum Gasteiger partial charge on any atom is 0.416 e. The van der Waals surface area contributed by atoms with Crippen LogP contribution in [-0.4, -0.2) is 136 Å². The number of amides is 3. The number of sulfonamides is 2. The summed E-state index contributed by atoms with van der Waals surface area (Å²) in [5.74, 6) is -1.63. The summed E-state index contributed by atoms with van der Waals surface area (Å²) in [6.45, 7) is 11.0. The fraction of sp³-hybridized carbons (Fsp3) is 0.233. The van der Waals surface area contributed by atoms with Gasteiger partial charge in [0.2, 0.25) is 20.0 Å². The zero-order chi connectivity index (χ0) is 83.4. The molecule has 1 unspecified atom stereocenters. The first kappa shape index (κ1) is 85.6. The highest BCUT2D eigenvalue weighted by Gasteiger charge is 2.36. The lowest BCUT2D eigenvalue weighted by atomic mass is 9.76. The number of Topliss-reactive ketones (excluding diaryl/α,β-unsaturated/α-hetero) is 2. The van der Waals surface area contributed by atoms with Crippen LogP contribution in [0.1, 0.15) is 89.3 Å². The molecule has 1 aliphatic carbocycles. The number of hydrogen-bond donors (Lipinski definition) is 7. The van der Waals surface area contributed by atoms with E-state index in [2.05, 4.69) is 66.8 Å². The van der Waals surface area contributed by atoms with E-state index in [4.69, 9.17) is 0 Å². The predicted molar refractivity (Wildman–Crippen MR) is 448 cm³/mol. The van der Waals surface area contributed by atoms with Crippen molar-refractivity contribution in [1.29, 1.82) is 0 Å². The molecule has 610 valence electrons. The Morgan fingerprint density at radius 1 is 0.644 bits per heavy atom. The molecule has 0 radical (unpaired) electrons. The Morgan fingerprint density at radius 2 is 1.35 bits per heavy atom. The van der Waals surface area contributed by atoms with Crippen molar-refractivity contribution in [1.82, 2.24) is 64.8 Å². The highest BCUT2D eigenvalue weighted by Crippen LogP contribution is 2.40. The Balaban J connectivity index is 0.000000137. The van der Waals surface area contributed by atoms with Crippen molar-refractivity contribution in [3.63, 3.8) is 0 Å². The molecule has 0 bridgehead atoms. The summed E-state index contributed by atoms with van der Waals surface area (Å²) in [5.41, 5.74) is 6.96. The standard InChI is InChI=1S/C24H19F4NO2.C17H16N4OS.C16H19FN2O2S.C15H13N5OS.C14H17N3O2S/c1-13-8-18(30)11-19(14-2-4-17(5-3-14)24(26,27)28)23(13)22(31)10-16-9-15-6-7-29-21(15)12-20(16)25;1-12-3-2-4-13(9-12)10-19-16(22)21-17-20-15(11-23-17)14-5-7-18-8-6-14;1-12-11-18-9-4-10-19(12)22(20,21)15-8-3-6-13-5-2-7-14(17)16(13)15;21-14(17-8-11-4-2-1-3-5-11)12-9-22-15(19-12)20-13-6-7-16-10-18-13;18-20(19,17-9-2-6-15-8-10-17)14-4-1-3-12-11-16-7-5-13(12)14/h2-7,9,12,19,29H,8,10-11H2,1H3;2-9,11H,10H2,1H3,(H2,19,20,21,22);2-3,5-8,12,18H,4,9-11H2,1H3;1-7,9-10H,8H2,(H,17,21)(H,16,18,19,20);1,3-5,7,11,15H,2,6,8-10H2/t;;12-;;/m..0../s1. The number of pyridine rings is 2. The van der Waals surface area contributed by atoms with Gasteiger partial charge in [0.1, 0.15) is 35.3 Å². The number of benzene rings is 7. The smallest absolute Gasteiger partial charge is 0.361 e. The minimum Gasteiger partial charge on any atom is -0.361 e. The third-order valence-electron chi connectivity index (χ3n) is 19.4. The quantitative estimate of drug-likeness (QED) is 0.0417. The molecule has 32 heteroatoms. The monoisotopic (exact) mass is 1680 g/mol. The van der Waals surface area contributed by atoms with Crippen molar-refractivity contribution >= 4 is 115 Å². The molecular weight excluding hydrogens is 1590 g/mol. The van der Waals surface area contributed by atoms with Gasteiger partial charge in [-0.3, -0.25) is 29.7 Å². The second kappa shape index (κ2) is 39.9. The number of alkyl halides is 3. The van der Waals surface area contributed by atoms with Gasteiger partial charge in [-0.15, -0.1) is 22.7 Å². The number of nitrogens with one attached hydrogen (secondary N) is 7. The minimum atomic E-state index is -4.47. The molecule has 2 saturated heterocycles. The number of H-pyrrole nitrogens is 1. The summed E-state index contributed by atoms with van der Waals surface area (Å²) < 4.78 is 122. The molecule has 13 aromatic rings. The highest BCUT2D eigenvalue weighted by atomic mass is 32.2. The normalized spacial score (nSPS) is 15.4. The number of fused-ring (bicyclic) bond motifs is 3. The number of allylic oxidation sites excluding steroid dienone is 2. The molecule has 6 aromatic heterocycles. The van der Waals surface area contributed by atoms with Gasteiger partial charge in [-0.05, 0) is 153 Å². The van der Waals surface area contributed by atoms with Crippen molar-refractivity contribution in [2.45, 2.75) is 93.9 Å². The van der Waals surface area contributed by atoms with E-state index in [1.54, 1.807) is 114 Å². The van der Waals surface area contributed by atoms with Gasteiger partial charge >= 0.3 is 12.2 Å². The van der Waals surface area contributed by atoms with E-state index in [1.165, 1.54) is 69.2 Å². The molecule has 7 aromatic carbocycles. The number of aromatic amines is 1. The van der Waals surface area contributed by atoms with Gasteiger partial charge in [0.25, 0.3) is 5.91 Å². The third kappa shape index (κ3) is 22.5. The molecule has 16 rings (SSSR count). The average molecular weight is 1680 g/mol. The highest BCUT2D eigenvalue weighted by molar-refractivity contribution is 7.89. The largest absolute Gasteiger partial charge is 0.416 e. The summed E-state index contributed by atoms with van der Waals surface area (Å²) in [4.78, 5) is 77.3. The van der Waals surface area contributed by atoms with Gasteiger partial charge in [0, 0.05) is 158 Å². The molecule has 2 atom stereocenters. The number of carbonyl (C=O) groups is 4. The Kier molecular flexibility index (Phi) is 29.0. The van der Waals surface area contributed by atoms with Crippen LogP contribution in [0.5, 0.6) is 0 Å². The summed E-state index contributed by atoms with van der Waals surface area (Å²) in [5, 5.41) is 25.8. The van der Waals surface area contributed by atoms with Crippen LogP contribution >= 0.6 is 22.7 Å². The molecule has 2 fully saturated rings. The SMILES string of the molecule is CC1=C(C(=O)Cc2cc3cc[nH]c3cc2F)C(c2ccc(C(F)(F)F)cc2)CC(=O)C1.C[C@H]1CNCCCN1S(=O)(=O)c1cccc2cccc(F)c12.Cc1cccc(CNC(=O)Nc2nc(-c3ccncc3)cs2)c1.O=C(NCc1ccccc1)c1csc(Nc2ccncn2)n1.O=S(=O)(c1cccc2cnccc12)N1CCCNCC1. The Hall–Kier alpha value is -11.8. The van der Waals surface area contributed by atoms with Gasteiger partial charge in [0.15, 0.2) is 16.0 Å². The van der Waals surface area contributed by atoms with Crippen LogP contribution in [0.2, 0.25) is 0 Å². The topological polar surface area (TPSA) is 308 Å². The van der Waals surface area contributed by atoms with Crippen LogP contribution in [0.25, 0.3) is 43.7 Å². The number of aryl methyl sites for hydroxylation is 1. The molecule has 118 heavy (non-hydrogen) atoms. The fourth-order valence-corrected chi connectivity index (χ4v) is 18.6. The number of ketones is 2. The summed E-state index contributed by atoms with van der Waals surface area (Å²) in [6.07, 6.45) is 8.58. The number of nitrogens with zero attached hydrogens (tertiary/aromatic N) is 8. The van der Waals surface area contributed by atoms with Crippen LogP contribution in [0, 0.1) is 18.6 Å². The lowest BCUT2D eigenvalue weighted by Gasteiger charge is -2.27. The number of aromatic nitrogens is 7. The van der Waals surface area contributed by atoms with E-state index in [-0.39, 0.29) is 64.7 Å². The Bertz CT molecular complexity index is 5910. The first-order chi connectivity index (χ1) is 56.9. The van der Waals surface area contributed by atoms with Crippen LogP contribution in [0.4, 0.5) is 42.8 Å². The van der Waals surface area contributed by atoms with Crippen LogP contribution < -0.4 is 31.9 Å². The number of halogens is 5. The van der Waals surface area contributed by atoms with E-state index in [0.29, 0.717) is 100 Å². The average Bonchev–Trinajstić information content (AvgIpc) is 0.944. The second-order valence-electron chi connectivity index (χ2n) is 27.9. The second-order valence-corrected chi connectivity index (χ2v) is 33.3. The van der Waals surface area contributed by atoms with Crippen molar-refractivity contribution < 1.29 is 58.0 Å². The summed E-state index contributed by atoms with van der Waals surface area (Å²) >= 11 is 2.74. The number of urea groups is 1. The maximum atomic E-state index is 14.5. The van der Waals surface area contributed by atoms with Crippen LogP contribution in [-0.2, 0) is 55.3 Å². The van der Waals surface area contributed by atoms with Crippen molar-refractivity contribution in [2.24, 2.45) is 0 Å². The van der Waals surface area contributed by atoms with Gasteiger partial charge in [-0.1, -0.05) is 114 Å². The molecule has 8 heterocycles. The summed E-state index contributed by atoms with van der Waals surface area (Å²) in [7, 11) is -7.18. The van der Waals surface area contributed by atoms with Crippen molar-refractivity contribution in [3.05, 3.63) is 292 Å². The van der Waals surface area contributed by atoms with E-state index >= 15 is 0 Å². The van der Waals surface area contributed by atoms with E-state index in [9.17, 15) is 58.0 Å². The van der Waals surface area contributed by atoms with Crippen molar-refractivity contribution in [2.75, 3.05) is 56.4 Å². The molecule has 7 N–H and O–H groups in total. The molecule has 0 spiro atoms. The molecule has 2 aliphatic heterocycles. The summed E-state index contributed by atoms with van der Waals surface area (Å²) in [6, 6.07) is 48.7. The van der Waals surface area contributed by atoms with E-state index in [0.717, 1.165) is 76.6 Å². The van der Waals surface area contributed by atoms with Gasteiger partial charge in [-0.25, -0.2) is 50.3 Å². The lowest BCUT2D eigenvalue weighted by Crippen LogP contribution is -2.41. The van der Waals surface area contributed by atoms with Crippen LogP contribution in [0.15, 0.2) is 251 Å². The number of thiazole rings is 2. The first-order valence-electron chi connectivity index (χ1n) is 37.7. The zero-order valence-corrected chi connectivity index (χ0v) is 67.6. The number of hydrogen-bond acceptors (Lipinski definition) is 19. The third-order valence-corrected chi connectivity index (χ3v) is 25.0. The molecule has 3 amide bonds. The first-order valence-corrected chi connectivity index (χ1v) is 42.4. The van der Waals surface area contributed by atoms with Crippen LogP contribution in [0.3, 0.4) is 0 Å². The van der Waals surface area contributed by atoms with Gasteiger partial charge < -0.3 is 31.6 Å². The zero-order valence-electron chi connectivity index (χ0n) is 64.4. The maximum absolute atomic E-state index is 14.5. The molecule has 3 aliphatic rings. The molecule has 0 saturated carbocycles.